The predicted molar refractivity (Wildman–Crippen MR) is 66.2 cm³/mol. The van der Waals surface area contributed by atoms with Gasteiger partial charge in [-0.25, -0.2) is 0 Å². The first-order valence-electron chi connectivity index (χ1n) is 6.00. The summed E-state index contributed by atoms with van der Waals surface area (Å²) in [6.07, 6.45) is 3.08. The normalized spacial score (nSPS) is 11.5. The van der Waals surface area contributed by atoms with Gasteiger partial charge in [-0.3, -0.25) is 4.79 Å². The Morgan fingerprint density at radius 3 is 2.50 bits per heavy atom. The summed E-state index contributed by atoms with van der Waals surface area (Å²) in [7, 11) is 0. The number of ether oxygens (including phenoxy) is 1. The molecule has 0 aromatic carbocycles. The maximum absolute atomic E-state index is 11.3. The topological polar surface area (TPSA) is 64.3 Å². The van der Waals surface area contributed by atoms with Crippen LogP contribution < -0.4 is 11.1 Å². The standard InChI is InChI=1S/C12H26N2O2/c1-12(2,3)10-16-9-11(15)14-8-6-4-5-7-13/h4-10,13H2,1-3H3,(H,14,15). The molecule has 0 saturated carbocycles. The number of unbranched alkanes of at least 4 members (excludes halogenated alkanes) is 2. The summed E-state index contributed by atoms with van der Waals surface area (Å²) in [6, 6.07) is 0. The lowest BCUT2D eigenvalue weighted by Gasteiger charge is -2.17. The number of carbonyl (C=O) groups is 1. The minimum absolute atomic E-state index is 0.0306. The smallest absolute Gasteiger partial charge is 0.245 e. The van der Waals surface area contributed by atoms with Crippen LogP contribution in [0, 0.1) is 5.41 Å². The van der Waals surface area contributed by atoms with Gasteiger partial charge in [0.25, 0.3) is 0 Å². The zero-order chi connectivity index (χ0) is 12.4. The van der Waals surface area contributed by atoms with Gasteiger partial charge >= 0.3 is 0 Å². The van der Waals surface area contributed by atoms with Crippen molar-refractivity contribution in [1.82, 2.24) is 5.32 Å². The largest absolute Gasteiger partial charge is 0.371 e. The fraction of sp³-hybridized carbons (Fsp3) is 0.917. The lowest BCUT2D eigenvalue weighted by atomic mass is 9.99. The summed E-state index contributed by atoms with van der Waals surface area (Å²) in [6.45, 7) is 8.45. The Kier molecular flexibility index (Phi) is 8.21. The lowest BCUT2D eigenvalue weighted by molar-refractivity contribution is -0.126. The van der Waals surface area contributed by atoms with Crippen molar-refractivity contribution < 1.29 is 9.53 Å². The average molecular weight is 230 g/mol. The Balaban J connectivity index is 3.32. The number of carbonyl (C=O) groups excluding carboxylic acids is 1. The highest BCUT2D eigenvalue weighted by molar-refractivity contribution is 5.77. The number of hydrogen-bond acceptors (Lipinski definition) is 3. The van der Waals surface area contributed by atoms with Crippen molar-refractivity contribution in [2.24, 2.45) is 11.1 Å². The van der Waals surface area contributed by atoms with Crippen molar-refractivity contribution in [3.8, 4) is 0 Å². The van der Waals surface area contributed by atoms with Gasteiger partial charge in [-0.05, 0) is 24.8 Å². The Hall–Kier alpha value is -0.610. The number of nitrogens with one attached hydrogen (secondary N) is 1. The molecule has 4 nitrogen and oxygen atoms in total. The van der Waals surface area contributed by atoms with E-state index in [9.17, 15) is 4.79 Å². The van der Waals surface area contributed by atoms with E-state index in [-0.39, 0.29) is 17.9 Å². The van der Waals surface area contributed by atoms with Crippen molar-refractivity contribution in [3.63, 3.8) is 0 Å². The van der Waals surface area contributed by atoms with E-state index >= 15 is 0 Å². The summed E-state index contributed by atoms with van der Waals surface area (Å²) in [5.74, 6) is -0.0306. The number of nitrogens with two attached hydrogens (primary N) is 1. The Morgan fingerprint density at radius 1 is 1.25 bits per heavy atom. The minimum Gasteiger partial charge on any atom is -0.371 e. The van der Waals surface area contributed by atoms with Gasteiger partial charge in [0.2, 0.25) is 5.91 Å². The molecule has 0 heterocycles. The molecule has 0 fully saturated rings. The van der Waals surface area contributed by atoms with Crippen LogP contribution in [0.1, 0.15) is 40.0 Å². The summed E-state index contributed by atoms with van der Waals surface area (Å²) < 4.78 is 5.31. The van der Waals surface area contributed by atoms with Crippen molar-refractivity contribution in [2.75, 3.05) is 26.3 Å². The van der Waals surface area contributed by atoms with E-state index < -0.39 is 0 Å². The maximum atomic E-state index is 11.3. The fourth-order valence-corrected chi connectivity index (χ4v) is 1.17. The number of hydrogen-bond donors (Lipinski definition) is 2. The summed E-state index contributed by atoms with van der Waals surface area (Å²) in [5, 5.41) is 2.82. The van der Waals surface area contributed by atoms with Crippen molar-refractivity contribution in [1.29, 1.82) is 0 Å². The van der Waals surface area contributed by atoms with E-state index in [1.54, 1.807) is 0 Å². The SMILES string of the molecule is CC(C)(C)COCC(=O)NCCCCCN. The fourth-order valence-electron chi connectivity index (χ4n) is 1.17. The molecule has 0 aliphatic heterocycles. The molecule has 1 amide bonds. The third kappa shape index (κ3) is 11.5. The molecular weight excluding hydrogens is 204 g/mol. The van der Waals surface area contributed by atoms with Gasteiger partial charge in [0.1, 0.15) is 6.61 Å². The van der Waals surface area contributed by atoms with Crippen molar-refractivity contribution >= 4 is 5.91 Å². The maximum Gasteiger partial charge on any atom is 0.245 e. The molecule has 4 heteroatoms. The Morgan fingerprint density at radius 2 is 1.94 bits per heavy atom. The van der Waals surface area contributed by atoms with Crippen LogP contribution in [-0.4, -0.2) is 32.2 Å². The van der Waals surface area contributed by atoms with Crippen LogP contribution in [0.3, 0.4) is 0 Å². The van der Waals surface area contributed by atoms with Gasteiger partial charge in [-0.15, -0.1) is 0 Å². The minimum atomic E-state index is -0.0306. The lowest BCUT2D eigenvalue weighted by Crippen LogP contribution is -2.30. The molecule has 0 unspecified atom stereocenters. The monoisotopic (exact) mass is 230 g/mol. The van der Waals surface area contributed by atoms with Gasteiger partial charge in [0, 0.05) is 6.54 Å². The highest BCUT2D eigenvalue weighted by atomic mass is 16.5. The van der Waals surface area contributed by atoms with Crippen LogP contribution in [0.2, 0.25) is 0 Å². The molecule has 0 radical (unpaired) electrons. The second-order valence-electron chi connectivity index (χ2n) is 5.25. The predicted octanol–water partition coefficient (Wildman–Crippen LogP) is 1.29. The van der Waals surface area contributed by atoms with E-state index in [4.69, 9.17) is 10.5 Å². The highest BCUT2D eigenvalue weighted by Crippen LogP contribution is 2.12. The third-order valence-electron chi connectivity index (χ3n) is 1.97. The molecule has 96 valence electrons. The molecular formula is C12H26N2O2. The second-order valence-corrected chi connectivity index (χ2v) is 5.25. The first-order valence-corrected chi connectivity index (χ1v) is 6.00. The number of amides is 1. The summed E-state index contributed by atoms with van der Waals surface area (Å²) in [4.78, 5) is 11.3. The quantitative estimate of drug-likeness (QED) is 0.618. The van der Waals surface area contributed by atoms with Gasteiger partial charge in [-0.1, -0.05) is 27.2 Å². The number of rotatable bonds is 8. The van der Waals surface area contributed by atoms with E-state index in [0.717, 1.165) is 32.4 Å². The molecule has 0 aromatic rings. The van der Waals surface area contributed by atoms with Crippen LogP contribution in [0.4, 0.5) is 0 Å². The Labute approximate surface area is 98.9 Å². The van der Waals surface area contributed by atoms with Gasteiger partial charge in [-0.2, -0.15) is 0 Å². The second kappa shape index (κ2) is 8.53. The molecule has 16 heavy (non-hydrogen) atoms. The van der Waals surface area contributed by atoms with Crippen LogP contribution in [-0.2, 0) is 9.53 Å². The van der Waals surface area contributed by atoms with Crippen molar-refractivity contribution in [3.05, 3.63) is 0 Å². The van der Waals surface area contributed by atoms with E-state index in [0.29, 0.717) is 6.61 Å². The summed E-state index contributed by atoms with van der Waals surface area (Å²) in [5.41, 5.74) is 5.48. The summed E-state index contributed by atoms with van der Waals surface area (Å²) >= 11 is 0. The van der Waals surface area contributed by atoms with Gasteiger partial charge in [0.15, 0.2) is 0 Å². The van der Waals surface area contributed by atoms with Crippen LogP contribution >= 0.6 is 0 Å². The van der Waals surface area contributed by atoms with Gasteiger partial charge in [0.05, 0.1) is 6.61 Å². The van der Waals surface area contributed by atoms with Crippen LogP contribution in [0.25, 0.3) is 0 Å². The van der Waals surface area contributed by atoms with Gasteiger partial charge < -0.3 is 15.8 Å². The van der Waals surface area contributed by atoms with E-state index in [1.165, 1.54) is 0 Å². The highest BCUT2D eigenvalue weighted by Gasteiger charge is 2.11. The van der Waals surface area contributed by atoms with Crippen molar-refractivity contribution in [2.45, 2.75) is 40.0 Å². The molecule has 0 rings (SSSR count). The average Bonchev–Trinajstić information content (AvgIpc) is 2.15. The first-order chi connectivity index (χ1) is 7.45. The molecule has 0 spiro atoms. The van der Waals surface area contributed by atoms with Crippen LogP contribution in [0.15, 0.2) is 0 Å². The van der Waals surface area contributed by atoms with E-state index in [1.807, 2.05) is 0 Å². The van der Waals surface area contributed by atoms with E-state index in [2.05, 4.69) is 26.1 Å². The molecule has 0 bridgehead atoms. The zero-order valence-corrected chi connectivity index (χ0v) is 10.8. The first kappa shape index (κ1) is 15.4. The molecule has 0 atom stereocenters. The van der Waals surface area contributed by atoms with Crippen LogP contribution in [0.5, 0.6) is 0 Å². The molecule has 0 aliphatic rings. The Bertz CT molecular complexity index is 188. The molecule has 0 aromatic heterocycles. The molecule has 0 aliphatic carbocycles. The molecule has 3 N–H and O–H groups in total. The zero-order valence-electron chi connectivity index (χ0n) is 10.8. The molecule has 0 saturated heterocycles. The third-order valence-corrected chi connectivity index (χ3v) is 1.97.